The standard InChI is InChI=1S/C17H17ClN2O3/c1-10-4-5-13(8-11(10)2)12(3)19-17(21)14-6-7-15(18)16(9-14)20(22)23/h4-9,12H,1-3H3,(H,19,21)/t12-/m0/s1. The smallest absolute Gasteiger partial charge is 0.288 e. The molecule has 0 spiro atoms. The van der Waals surface area contributed by atoms with E-state index in [9.17, 15) is 14.9 Å². The number of nitrogens with zero attached hydrogens (tertiary/aromatic N) is 1. The Labute approximate surface area is 139 Å². The fourth-order valence-electron chi connectivity index (χ4n) is 2.19. The number of amides is 1. The molecule has 0 aliphatic carbocycles. The molecule has 120 valence electrons. The molecule has 0 saturated carbocycles. The fourth-order valence-corrected chi connectivity index (χ4v) is 2.38. The first kappa shape index (κ1) is 17.0. The Morgan fingerprint density at radius 1 is 1.17 bits per heavy atom. The molecule has 0 heterocycles. The summed E-state index contributed by atoms with van der Waals surface area (Å²) in [6.07, 6.45) is 0. The van der Waals surface area contributed by atoms with Crippen molar-refractivity contribution in [3.05, 3.63) is 73.8 Å². The third-order valence-corrected chi connectivity index (χ3v) is 4.10. The zero-order valence-electron chi connectivity index (χ0n) is 13.1. The molecule has 0 radical (unpaired) electrons. The van der Waals surface area contributed by atoms with Crippen molar-refractivity contribution in [2.75, 3.05) is 0 Å². The fraction of sp³-hybridized carbons (Fsp3) is 0.235. The van der Waals surface area contributed by atoms with Crippen molar-refractivity contribution in [2.45, 2.75) is 26.8 Å². The largest absolute Gasteiger partial charge is 0.346 e. The Morgan fingerprint density at radius 2 is 1.87 bits per heavy atom. The van der Waals surface area contributed by atoms with Crippen LogP contribution in [0.2, 0.25) is 5.02 Å². The van der Waals surface area contributed by atoms with E-state index in [0.717, 1.165) is 11.1 Å². The van der Waals surface area contributed by atoms with E-state index in [-0.39, 0.29) is 28.2 Å². The Morgan fingerprint density at radius 3 is 2.48 bits per heavy atom. The summed E-state index contributed by atoms with van der Waals surface area (Å²) in [5.41, 5.74) is 3.23. The van der Waals surface area contributed by atoms with Gasteiger partial charge in [-0.15, -0.1) is 0 Å². The van der Waals surface area contributed by atoms with Gasteiger partial charge in [-0.3, -0.25) is 14.9 Å². The number of nitro groups is 1. The summed E-state index contributed by atoms with van der Waals surface area (Å²) in [7, 11) is 0. The summed E-state index contributed by atoms with van der Waals surface area (Å²) in [4.78, 5) is 22.6. The maximum atomic E-state index is 12.3. The third kappa shape index (κ3) is 3.87. The van der Waals surface area contributed by atoms with Crippen LogP contribution in [-0.4, -0.2) is 10.8 Å². The van der Waals surface area contributed by atoms with Gasteiger partial charge >= 0.3 is 0 Å². The maximum absolute atomic E-state index is 12.3. The van der Waals surface area contributed by atoms with Gasteiger partial charge in [0.05, 0.1) is 11.0 Å². The van der Waals surface area contributed by atoms with E-state index in [1.165, 1.54) is 23.8 Å². The summed E-state index contributed by atoms with van der Waals surface area (Å²) in [5.74, 6) is -0.379. The molecule has 0 aliphatic rings. The molecule has 0 aliphatic heterocycles. The van der Waals surface area contributed by atoms with E-state index in [2.05, 4.69) is 5.32 Å². The molecule has 1 amide bonds. The highest BCUT2D eigenvalue weighted by Crippen LogP contribution is 2.25. The van der Waals surface area contributed by atoms with Crippen LogP contribution in [0.4, 0.5) is 5.69 Å². The van der Waals surface area contributed by atoms with Crippen molar-refractivity contribution in [3.63, 3.8) is 0 Å². The molecule has 2 aromatic carbocycles. The van der Waals surface area contributed by atoms with Crippen molar-refractivity contribution < 1.29 is 9.72 Å². The van der Waals surface area contributed by atoms with Crippen molar-refractivity contribution in [2.24, 2.45) is 0 Å². The van der Waals surface area contributed by atoms with Crippen LogP contribution < -0.4 is 5.32 Å². The second-order valence-corrected chi connectivity index (χ2v) is 5.87. The van der Waals surface area contributed by atoms with Crippen LogP contribution in [0.1, 0.15) is 40.0 Å². The second kappa shape index (κ2) is 6.79. The summed E-state index contributed by atoms with van der Waals surface area (Å²) < 4.78 is 0. The van der Waals surface area contributed by atoms with Gasteiger partial charge in [-0.25, -0.2) is 0 Å². The van der Waals surface area contributed by atoms with Gasteiger partial charge in [0.1, 0.15) is 5.02 Å². The number of carbonyl (C=O) groups is 1. The molecule has 5 nitrogen and oxygen atoms in total. The molecule has 0 unspecified atom stereocenters. The Bertz CT molecular complexity index is 774. The number of rotatable bonds is 4. The number of carbonyl (C=O) groups excluding carboxylic acids is 1. The zero-order valence-corrected chi connectivity index (χ0v) is 13.8. The molecule has 1 N–H and O–H groups in total. The number of hydrogen-bond acceptors (Lipinski definition) is 3. The van der Waals surface area contributed by atoms with Crippen molar-refractivity contribution >= 4 is 23.2 Å². The Kier molecular flexibility index (Phi) is 5.01. The van der Waals surface area contributed by atoms with Gasteiger partial charge in [0.15, 0.2) is 0 Å². The van der Waals surface area contributed by atoms with Crippen molar-refractivity contribution in [3.8, 4) is 0 Å². The van der Waals surface area contributed by atoms with Crippen LogP contribution in [-0.2, 0) is 0 Å². The monoisotopic (exact) mass is 332 g/mol. The highest BCUT2D eigenvalue weighted by Gasteiger charge is 2.18. The molecule has 0 fully saturated rings. The molecule has 0 saturated heterocycles. The first-order valence-electron chi connectivity index (χ1n) is 7.11. The van der Waals surface area contributed by atoms with Gasteiger partial charge in [-0.2, -0.15) is 0 Å². The van der Waals surface area contributed by atoms with Crippen LogP contribution in [0.15, 0.2) is 36.4 Å². The Hall–Kier alpha value is -2.40. The molecular weight excluding hydrogens is 316 g/mol. The van der Waals surface area contributed by atoms with Gasteiger partial charge in [0.2, 0.25) is 0 Å². The first-order valence-corrected chi connectivity index (χ1v) is 7.49. The van der Waals surface area contributed by atoms with Crippen molar-refractivity contribution in [1.82, 2.24) is 5.32 Å². The average molecular weight is 333 g/mol. The van der Waals surface area contributed by atoms with Crippen LogP contribution >= 0.6 is 11.6 Å². The number of hydrogen-bond donors (Lipinski definition) is 1. The van der Waals surface area contributed by atoms with Crippen molar-refractivity contribution in [1.29, 1.82) is 0 Å². The molecule has 2 rings (SSSR count). The predicted octanol–water partition coefficient (Wildman–Crippen LogP) is 4.36. The quantitative estimate of drug-likeness (QED) is 0.668. The lowest BCUT2D eigenvalue weighted by molar-refractivity contribution is -0.384. The SMILES string of the molecule is Cc1ccc([C@H](C)NC(=O)c2ccc(Cl)c([N+](=O)[O-])c2)cc1C. The van der Waals surface area contributed by atoms with Gasteiger partial charge in [0, 0.05) is 11.6 Å². The van der Waals surface area contributed by atoms with Crippen LogP contribution in [0.5, 0.6) is 0 Å². The minimum Gasteiger partial charge on any atom is -0.346 e. The van der Waals surface area contributed by atoms with Gasteiger partial charge < -0.3 is 5.32 Å². The molecule has 0 aromatic heterocycles. The van der Waals surface area contributed by atoms with Gasteiger partial charge in [-0.05, 0) is 49.6 Å². The molecule has 0 bridgehead atoms. The highest BCUT2D eigenvalue weighted by molar-refractivity contribution is 6.32. The van der Waals surface area contributed by atoms with Gasteiger partial charge in [0.25, 0.3) is 11.6 Å². The molecular formula is C17H17ClN2O3. The van der Waals surface area contributed by atoms with E-state index in [4.69, 9.17) is 11.6 Å². The maximum Gasteiger partial charge on any atom is 0.288 e. The summed E-state index contributed by atoms with van der Waals surface area (Å²) in [6, 6.07) is 9.78. The van der Waals surface area contributed by atoms with Crippen LogP contribution in [0.25, 0.3) is 0 Å². The molecule has 23 heavy (non-hydrogen) atoms. The molecule has 1 atom stereocenters. The number of aryl methyl sites for hydroxylation is 2. The average Bonchev–Trinajstić information content (AvgIpc) is 2.49. The lowest BCUT2D eigenvalue weighted by Gasteiger charge is -2.16. The lowest BCUT2D eigenvalue weighted by Crippen LogP contribution is -2.26. The minimum absolute atomic E-state index is 0.00811. The van der Waals surface area contributed by atoms with E-state index in [0.29, 0.717) is 0 Å². The number of halogens is 1. The third-order valence-electron chi connectivity index (χ3n) is 3.78. The minimum atomic E-state index is -0.605. The summed E-state index contributed by atoms with van der Waals surface area (Å²) >= 11 is 5.76. The molecule has 6 heteroatoms. The number of nitrogens with one attached hydrogen (secondary N) is 1. The van der Waals surface area contributed by atoms with E-state index < -0.39 is 4.92 Å². The van der Waals surface area contributed by atoms with Crippen LogP contribution in [0, 0.1) is 24.0 Å². The van der Waals surface area contributed by atoms with E-state index in [1.807, 2.05) is 39.0 Å². The number of nitro benzene ring substituents is 1. The number of benzene rings is 2. The van der Waals surface area contributed by atoms with Crippen LogP contribution in [0.3, 0.4) is 0 Å². The lowest BCUT2D eigenvalue weighted by atomic mass is 10.0. The van der Waals surface area contributed by atoms with E-state index >= 15 is 0 Å². The highest BCUT2D eigenvalue weighted by atomic mass is 35.5. The first-order chi connectivity index (χ1) is 10.8. The topological polar surface area (TPSA) is 72.2 Å². The summed E-state index contributed by atoms with van der Waals surface area (Å²) in [6.45, 7) is 5.90. The normalized spacial score (nSPS) is 11.8. The van der Waals surface area contributed by atoms with Gasteiger partial charge in [-0.1, -0.05) is 29.8 Å². The predicted molar refractivity (Wildman–Crippen MR) is 89.9 cm³/mol. The molecule has 2 aromatic rings. The zero-order chi connectivity index (χ0) is 17.1. The summed E-state index contributed by atoms with van der Waals surface area (Å²) in [5, 5.41) is 13.7. The Balaban J connectivity index is 2.19. The van der Waals surface area contributed by atoms with E-state index in [1.54, 1.807) is 0 Å². The second-order valence-electron chi connectivity index (χ2n) is 5.46.